The number of hydrogen-bond donors (Lipinski definition) is 2. The van der Waals surface area contributed by atoms with Crippen molar-refractivity contribution in [2.45, 2.75) is 38.2 Å². The normalized spacial score (nSPS) is 27.7. The lowest BCUT2D eigenvalue weighted by atomic mass is 10.2. The number of nitrogens with zero attached hydrogens (tertiary/aromatic N) is 2. The van der Waals surface area contributed by atoms with Crippen molar-refractivity contribution in [3.8, 4) is 0 Å². The third-order valence-electron chi connectivity index (χ3n) is 3.01. The average molecular weight is 366 g/mol. The Hall–Kier alpha value is -0.510. The number of aryl methyl sites for hydroxylation is 1. The van der Waals surface area contributed by atoms with Crippen LogP contribution in [0.3, 0.4) is 0 Å². The van der Waals surface area contributed by atoms with E-state index in [1.165, 1.54) is 4.57 Å². The van der Waals surface area contributed by atoms with Crippen LogP contribution in [-0.4, -0.2) is 38.6 Å². The zero-order valence-electron chi connectivity index (χ0n) is 9.91. The predicted octanol–water partition coefficient (Wildman–Crippen LogP) is 0.0510. The number of hydrogen-bond acceptors (Lipinski definition) is 5. The van der Waals surface area contributed by atoms with Crippen molar-refractivity contribution in [2.75, 3.05) is 6.61 Å². The molecule has 0 unspecified atom stereocenters. The summed E-state index contributed by atoms with van der Waals surface area (Å²) in [5, 5.41) is 18.7. The lowest BCUT2D eigenvalue weighted by molar-refractivity contribution is -0.0459. The Bertz CT molecular complexity index is 490. The van der Waals surface area contributed by atoms with Crippen molar-refractivity contribution >= 4 is 22.6 Å². The van der Waals surface area contributed by atoms with E-state index in [4.69, 9.17) is 9.84 Å². The molecule has 6 nitrogen and oxygen atoms in total. The second-order valence-corrected chi connectivity index (χ2v) is 5.36. The van der Waals surface area contributed by atoms with Crippen LogP contribution in [0.4, 0.5) is 0 Å². The van der Waals surface area contributed by atoms with Gasteiger partial charge in [-0.25, -0.2) is 4.79 Å². The standard InChI is InChI=1S/C11H15IN2O4/c1-2-7-6(12)4-14(11(17)13-7)10-3-8(16)9(5-15)18-10/h4,8-10,15-16H,2-3,5H2,1H3/t8-,9+,10+/m1/s1. The average Bonchev–Trinajstić information content (AvgIpc) is 2.72. The van der Waals surface area contributed by atoms with E-state index in [0.717, 1.165) is 9.26 Å². The van der Waals surface area contributed by atoms with Gasteiger partial charge in [0.15, 0.2) is 0 Å². The molecule has 2 N–H and O–H groups in total. The highest BCUT2D eigenvalue weighted by molar-refractivity contribution is 14.1. The molecular formula is C11H15IN2O4. The van der Waals surface area contributed by atoms with Gasteiger partial charge in [0.1, 0.15) is 12.3 Å². The Morgan fingerprint density at radius 2 is 2.39 bits per heavy atom. The molecule has 0 spiro atoms. The third-order valence-corrected chi connectivity index (χ3v) is 3.91. The first-order valence-corrected chi connectivity index (χ1v) is 6.86. The van der Waals surface area contributed by atoms with Crippen LogP contribution in [0.25, 0.3) is 0 Å². The van der Waals surface area contributed by atoms with Crippen LogP contribution in [0.1, 0.15) is 25.3 Å². The Kier molecular flexibility index (Phi) is 4.36. The van der Waals surface area contributed by atoms with Crippen LogP contribution in [0, 0.1) is 3.57 Å². The first kappa shape index (κ1) is 13.9. The summed E-state index contributed by atoms with van der Waals surface area (Å²) in [6, 6.07) is 0. The molecule has 7 heteroatoms. The largest absolute Gasteiger partial charge is 0.394 e. The smallest absolute Gasteiger partial charge is 0.349 e. The molecule has 0 aliphatic carbocycles. The van der Waals surface area contributed by atoms with Gasteiger partial charge in [-0.05, 0) is 29.0 Å². The monoisotopic (exact) mass is 366 g/mol. The molecule has 1 aliphatic rings. The first-order valence-electron chi connectivity index (χ1n) is 5.78. The van der Waals surface area contributed by atoms with E-state index < -0.39 is 18.4 Å². The van der Waals surface area contributed by atoms with E-state index >= 15 is 0 Å². The molecule has 2 heterocycles. The Morgan fingerprint density at radius 3 is 2.94 bits per heavy atom. The summed E-state index contributed by atoms with van der Waals surface area (Å²) in [6.45, 7) is 1.68. The molecular weight excluding hydrogens is 351 g/mol. The zero-order chi connectivity index (χ0) is 13.3. The number of halogens is 1. The van der Waals surface area contributed by atoms with Gasteiger partial charge in [-0.15, -0.1) is 0 Å². The second-order valence-electron chi connectivity index (χ2n) is 4.19. The topological polar surface area (TPSA) is 84.6 Å². The number of aliphatic hydroxyl groups excluding tert-OH is 2. The van der Waals surface area contributed by atoms with Crippen LogP contribution in [0.2, 0.25) is 0 Å². The highest BCUT2D eigenvalue weighted by Crippen LogP contribution is 2.27. The van der Waals surface area contributed by atoms with Crippen molar-refractivity contribution < 1.29 is 14.9 Å². The second kappa shape index (κ2) is 5.64. The minimum atomic E-state index is -0.754. The maximum absolute atomic E-state index is 11.9. The van der Waals surface area contributed by atoms with Gasteiger partial charge in [0.25, 0.3) is 0 Å². The number of aromatic nitrogens is 2. The quantitative estimate of drug-likeness (QED) is 0.739. The number of rotatable bonds is 3. The molecule has 3 atom stereocenters. The highest BCUT2D eigenvalue weighted by atomic mass is 127. The Balaban J connectivity index is 2.30. The molecule has 2 rings (SSSR count). The molecule has 18 heavy (non-hydrogen) atoms. The van der Waals surface area contributed by atoms with Crippen LogP contribution in [0.5, 0.6) is 0 Å². The number of aliphatic hydroxyl groups is 2. The van der Waals surface area contributed by atoms with E-state index in [-0.39, 0.29) is 18.7 Å². The van der Waals surface area contributed by atoms with Gasteiger partial charge < -0.3 is 14.9 Å². The lowest BCUT2D eigenvalue weighted by Gasteiger charge is -2.15. The first-order chi connectivity index (χ1) is 8.56. The SMILES string of the molecule is CCc1nc(=O)n([C@@H]2C[C@@H](O)[C@H](CO)O2)cc1I. The van der Waals surface area contributed by atoms with E-state index in [1.54, 1.807) is 6.20 Å². The summed E-state index contributed by atoms with van der Waals surface area (Å²) in [6.07, 6.45) is 0.722. The summed E-state index contributed by atoms with van der Waals surface area (Å²) in [5.41, 5.74) is 0.372. The molecule has 1 aliphatic heterocycles. The summed E-state index contributed by atoms with van der Waals surface area (Å²) in [7, 11) is 0. The van der Waals surface area contributed by atoms with Gasteiger partial charge in [0.05, 0.1) is 22.0 Å². The zero-order valence-corrected chi connectivity index (χ0v) is 12.1. The van der Waals surface area contributed by atoms with E-state index in [0.29, 0.717) is 6.42 Å². The van der Waals surface area contributed by atoms with Gasteiger partial charge in [0.2, 0.25) is 0 Å². The highest BCUT2D eigenvalue weighted by Gasteiger charge is 2.35. The Morgan fingerprint density at radius 1 is 1.67 bits per heavy atom. The molecule has 1 aromatic rings. The molecule has 1 aromatic heterocycles. The van der Waals surface area contributed by atoms with Gasteiger partial charge in [-0.1, -0.05) is 6.92 Å². The molecule has 100 valence electrons. The van der Waals surface area contributed by atoms with Gasteiger partial charge in [-0.3, -0.25) is 4.57 Å². The molecule has 0 bridgehead atoms. The van der Waals surface area contributed by atoms with Crippen LogP contribution in [-0.2, 0) is 11.2 Å². The molecule has 0 saturated carbocycles. The maximum Gasteiger partial charge on any atom is 0.349 e. The van der Waals surface area contributed by atoms with Crippen LogP contribution >= 0.6 is 22.6 Å². The van der Waals surface area contributed by atoms with E-state index in [9.17, 15) is 9.90 Å². The maximum atomic E-state index is 11.9. The van der Waals surface area contributed by atoms with Crippen molar-refractivity contribution in [2.24, 2.45) is 0 Å². The van der Waals surface area contributed by atoms with Gasteiger partial charge >= 0.3 is 5.69 Å². The summed E-state index contributed by atoms with van der Waals surface area (Å²) in [4.78, 5) is 15.9. The fourth-order valence-electron chi connectivity index (χ4n) is 1.98. The van der Waals surface area contributed by atoms with Gasteiger partial charge in [-0.2, -0.15) is 4.98 Å². The molecule has 0 amide bonds. The fourth-order valence-corrected chi connectivity index (χ4v) is 2.78. The summed E-state index contributed by atoms with van der Waals surface area (Å²) in [5.74, 6) is 0. The van der Waals surface area contributed by atoms with E-state index in [1.807, 2.05) is 6.92 Å². The van der Waals surface area contributed by atoms with Crippen molar-refractivity contribution in [1.82, 2.24) is 9.55 Å². The van der Waals surface area contributed by atoms with Crippen molar-refractivity contribution in [1.29, 1.82) is 0 Å². The molecule has 1 fully saturated rings. The van der Waals surface area contributed by atoms with Crippen LogP contribution in [0.15, 0.2) is 11.0 Å². The lowest BCUT2D eigenvalue weighted by Crippen LogP contribution is -2.29. The van der Waals surface area contributed by atoms with Crippen LogP contribution < -0.4 is 5.69 Å². The third kappa shape index (κ3) is 2.58. The van der Waals surface area contributed by atoms with Crippen molar-refractivity contribution in [3.05, 3.63) is 25.9 Å². The fraction of sp³-hybridized carbons (Fsp3) is 0.636. The summed E-state index contributed by atoms with van der Waals surface area (Å²) < 4.78 is 7.70. The predicted molar refractivity (Wildman–Crippen MR) is 72.2 cm³/mol. The molecule has 0 radical (unpaired) electrons. The summed E-state index contributed by atoms with van der Waals surface area (Å²) >= 11 is 2.12. The molecule has 0 aromatic carbocycles. The minimum absolute atomic E-state index is 0.260. The molecule has 1 saturated heterocycles. The van der Waals surface area contributed by atoms with Gasteiger partial charge in [0, 0.05) is 12.6 Å². The van der Waals surface area contributed by atoms with Crippen molar-refractivity contribution in [3.63, 3.8) is 0 Å². The Labute approximate surface area is 118 Å². The minimum Gasteiger partial charge on any atom is -0.394 e. The van der Waals surface area contributed by atoms with E-state index in [2.05, 4.69) is 27.6 Å². The number of ether oxygens (including phenoxy) is 1.